The fourth-order valence-corrected chi connectivity index (χ4v) is 2.77. The number of benzene rings is 1. The standard InChI is InChI=1S/C18H24FN3O2/c1-11(9-17(23)14-5-7-15(19)8-6-14)20-18(24)10-16-12(2)21-22(4)13(16)3/h5-8,11,17,23H,9-10H2,1-4H3,(H,20,24). The van der Waals surface area contributed by atoms with E-state index in [1.54, 1.807) is 16.8 Å². The maximum Gasteiger partial charge on any atom is 0.224 e. The van der Waals surface area contributed by atoms with Crippen LogP contribution in [0.2, 0.25) is 0 Å². The Bertz CT molecular complexity index is 710. The molecule has 1 amide bonds. The molecule has 0 saturated heterocycles. The SMILES string of the molecule is Cc1nn(C)c(C)c1CC(=O)NC(C)CC(O)c1ccc(F)cc1. The van der Waals surface area contributed by atoms with Crippen LogP contribution in [0.3, 0.4) is 0 Å². The van der Waals surface area contributed by atoms with Gasteiger partial charge in [-0.2, -0.15) is 5.10 Å². The molecule has 130 valence electrons. The van der Waals surface area contributed by atoms with E-state index in [-0.39, 0.29) is 24.2 Å². The van der Waals surface area contributed by atoms with Crippen molar-refractivity contribution in [1.82, 2.24) is 15.1 Å². The van der Waals surface area contributed by atoms with E-state index in [1.807, 2.05) is 27.8 Å². The molecule has 6 heteroatoms. The van der Waals surface area contributed by atoms with Crippen molar-refractivity contribution in [3.63, 3.8) is 0 Å². The molecule has 2 unspecified atom stereocenters. The van der Waals surface area contributed by atoms with Gasteiger partial charge in [-0.05, 0) is 44.9 Å². The summed E-state index contributed by atoms with van der Waals surface area (Å²) in [5.74, 6) is -0.442. The van der Waals surface area contributed by atoms with Crippen LogP contribution in [0.25, 0.3) is 0 Å². The zero-order valence-electron chi connectivity index (χ0n) is 14.5. The van der Waals surface area contributed by atoms with E-state index in [2.05, 4.69) is 10.4 Å². The Labute approximate surface area is 141 Å². The lowest BCUT2D eigenvalue weighted by molar-refractivity contribution is -0.121. The molecule has 0 saturated carbocycles. The average Bonchev–Trinajstić information content (AvgIpc) is 2.74. The third-order valence-corrected chi connectivity index (χ3v) is 4.24. The van der Waals surface area contributed by atoms with E-state index in [0.29, 0.717) is 12.0 Å². The molecule has 0 fully saturated rings. The number of nitrogens with zero attached hydrogens (tertiary/aromatic N) is 2. The normalized spacial score (nSPS) is 13.6. The molecule has 0 aliphatic heterocycles. The summed E-state index contributed by atoms with van der Waals surface area (Å²) in [6.07, 6.45) is -0.118. The van der Waals surface area contributed by atoms with E-state index in [9.17, 15) is 14.3 Å². The number of aryl methyl sites for hydroxylation is 2. The number of aliphatic hydroxyl groups is 1. The maximum absolute atomic E-state index is 12.9. The van der Waals surface area contributed by atoms with Crippen LogP contribution in [0.1, 0.15) is 42.0 Å². The second-order valence-electron chi connectivity index (χ2n) is 6.22. The van der Waals surface area contributed by atoms with Gasteiger partial charge in [-0.15, -0.1) is 0 Å². The monoisotopic (exact) mass is 333 g/mol. The van der Waals surface area contributed by atoms with Gasteiger partial charge in [0, 0.05) is 24.3 Å². The fourth-order valence-electron chi connectivity index (χ4n) is 2.77. The van der Waals surface area contributed by atoms with Crippen LogP contribution in [0.5, 0.6) is 0 Å². The highest BCUT2D eigenvalue weighted by Gasteiger charge is 2.17. The van der Waals surface area contributed by atoms with E-state index in [0.717, 1.165) is 17.0 Å². The van der Waals surface area contributed by atoms with Gasteiger partial charge in [0.2, 0.25) is 5.91 Å². The van der Waals surface area contributed by atoms with Crippen LogP contribution in [0, 0.1) is 19.7 Å². The highest BCUT2D eigenvalue weighted by atomic mass is 19.1. The second kappa shape index (κ2) is 7.57. The van der Waals surface area contributed by atoms with Crippen molar-refractivity contribution in [1.29, 1.82) is 0 Å². The van der Waals surface area contributed by atoms with Crippen molar-refractivity contribution in [3.8, 4) is 0 Å². The van der Waals surface area contributed by atoms with Gasteiger partial charge >= 0.3 is 0 Å². The van der Waals surface area contributed by atoms with E-state index >= 15 is 0 Å². The number of halogens is 1. The van der Waals surface area contributed by atoms with Crippen molar-refractivity contribution in [3.05, 3.63) is 52.6 Å². The Morgan fingerprint density at radius 3 is 2.50 bits per heavy atom. The third kappa shape index (κ3) is 4.41. The van der Waals surface area contributed by atoms with Gasteiger partial charge in [-0.3, -0.25) is 9.48 Å². The molecule has 2 atom stereocenters. The van der Waals surface area contributed by atoms with Crippen molar-refractivity contribution < 1.29 is 14.3 Å². The summed E-state index contributed by atoms with van der Waals surface area (Å²) in [7, 11) is 1.85. The first-order valence-corrected chi connectivity index (χ1v) is 8.00. The number of amides is 1. The summed E-state index contributed by atoms with van der Waals surface area (Å²) in [5.41, 5.74) is 3.39. The highest BCUT2D eigenvalue weighted by molar-refractivity contribution is 5.79. The lowest BCUT2D eigenvalue weighted by Crippen LogP contribution is -2.35. The molecule has 5 nitrogen and oxygen atoms in total. The smallest absolute Gasteiger partial charge is 0.224 e. The van der Waals surface area contributed by atoms with Crippen molar-refractivity contribution in [2.75, 3.05) is 0 Å². The Morgan fingerprint density at radius 1 is 1.33 bits per heavy atom. The van der Waals surface area contributed by atoms with Gasteiger partial charge in [0.25, 0.3) is 0 Å². The van der Waals surface area contributed by atoms with Gasteiger partial charge in [-0.1, -0.05) is 12.1 Å². The minimum absolute atomic E-state index is 0.104. The minimum atomic E-state index is -0.747. The highest BCUT2D eigenvalue weighted by Crippen LogP contribution is 2.19. The molecule has 2 N–H and O–H groups in total. The number of aliphatic hydroxyl groups excluding tert-OH is 1. The van der Waals surface area contributed by atoms with E-state index in [1.165, 1.54) is 12.1 Å². The number of hydrogen-bond acceptors (Lipinski definition) is 3. The third-order valence-electron chi connectivity index (χ3n) is 4.24. The molecular formula is C18H24FN3O2. The van der Waals surface area contributed by atoms with Crippen molar-refractivity contribution in [2.24, 2.45) is 7.05 Å². The van der Waals surface area contributed by atoms with Gasteiger partial charge in [0.1, 0.15) is 5.82 Å². The van der Waals surface area contributed by atoms with Gasteiger partial charge in [-0.25, -0.2) is 4.39 Å². The second-order valence-corrected chi connectivity index (χ2v) is 6.22. The Kier molecular flexibility index (Phi) is 5.72. The predicted octanol–water partition coefficient (Wildman–Crippen LogP) is 2.35. The molecule has 1 aromatic carbocycles. The molecule has 24 heavy (non-hydrogen) atoms. The lowest BCUT2D eigenvalue weighted by atomic mass is 10.0. The van der Waals surface area contributed by atoms with Gasteiger partial charge < -0.3 is 10.4 Å². The predicted molar refractivity (Wildman–Crippen MR) is 90.0 cm³/mol. The Hall–Kier alpha value is -2.21. The minimum Gasteiger partial charge on any atom is -0.388 e. The van der Waals surface area contributed by atoms with Crippen LogP contribution in [0.4, 0.5) is 4.39 Å². The number of hydrogen-bond donors (Lipinski definition) is 2. The summed E-state index contributed by atoms with van der Waals surface area (Å²) >= 11 is 0. The molecule has 0 radical (unpaired) electrons. The first-order chi connectivity index (χ1) is 11.3. The largest absolute Gasteiger partial charge is 0.388 e. The van der Waals surface area contributed by atoms with Crippen LogP contribution < -0.4 is 5.32 Å². The molecule has 2 rings (SSSR count). The molecule has 0 spiro atoms. The molecule has 0 bridgehead atoms. The molecule has 0 aliphatic carbocycles. The molecule has 0 aliphatic rings. The van der Waals surface area contributed by atoms with Crippen molar-refractivity contribution >= 4 is 5.91 Å². The quantitative estimate of drug-likeness (QED) is 0.853. The number of carbonyl (C=O) groups is 1. The van der Waals surface area contributed by atoms with E-state index < -0.39 is 6.10 Å². The first-order valence-electron chi connectivity index (χ1n) is 8.00. The van der Waals surface area contributed by atoms with Crippen LogP contribution in [0.15, 0.2) is 24.3 Å². The summed E-state index contributed by atoms with van der Waals surface area (Å²) < 4.78 is 14.7. The van der Waals surface area contributed by atoms with E-state index in [4.69, 9.17) is 0 Å². The number of rotatable bonds is 6. The number of carbonyl (C=O) groups excluding carboxylic acids is 1. The molecule has 1 aromatic heterocycles. The number of aromatic nitrogens is 2. The summed E-state index contributed by atoms with van der Waals surface area (Å²) in [6.45, 7) is 5.66. The van der Waals surface area contributed by atoms with Crippen LogP contribution >= 0.6 is 0 Å². The zero-order chi connectivity index (χ0) is 17.9. The van der Waals surface area contributed by atoms with Gasteiger partial charge in [0.15, 0.2) is 0 Å². The van der Waals surface area contributed by atoms with Gasteiger partial charge in [0.05, 0.1) is 18.2 Å². The fraction of sp³-hybridized carbons (Fsp3) is 0.444. The van der Waals surface area contributed by atoms with Crippen LogP contribution in [-0.2, 0) is 18.3 Å². The Morgan fingerprint density at radius 2 is 1.96 bits per heavy atom. The van der Waals surface area contributed by atoms with Crippen molar-refractivity contribution in [2.45, 2.75) is 45.8 Å². The number of nitrogens with one attached hydrogen (secondary N) is 1. The summed E-state index contributed by atoms with van der Waals surface area (Å²) in [4.78, 5) is 12.2. The lowest BCUT2D eigenvalue weighted by Gasteiger charge is -2.18. The molecule has 2 aromatic rings. The summed E-state index contributed by atoms with van der Waals surface area (Å²) in [6, 6.07) is 5.54. The summed E-state index contributed by atoms with van der Waals surface area (Å²) in [5, 5.41) is 17.4. The first kappa shape index (κ1) is 18.1. The average molecular weight is 333 g/mol. The zero-order valence-corrected chi connectivity index (χ0v) is 14.5. The molecular weight excluding hydrogens is 309 g/mol. The Balaban J connectivity index is 1.90. The maximum atomic E-state index is 12.9. The topological polar surface area (TPSA) is 67.2 Å². The van der Waals surface area contributed by atoms with Crippen LogP contribution in [-0.4, -0.2) is 26.8 Å². The molecule has 1 heterocycles.